The van der Waals surface area contributed by atoms with Crippen molar-refractivity contribution < 1.29 is 174 Å². The van der Waals surface area contributed by atoms with Crippen LogP contribution in [0.2, 0.25) is 0 Å². The molecule has 0 spiro atoms. The first-order chi connectivity index (χ1) is 20.4. The third-order valence-corrected chi connectivity index (χ3v) is 5.72. The van der Waals surface area contributed by atoms with Crippen molar-refractivity contribution in [2.75, 3.05) is 0 Å². The molecule has 0 unspecified atom stereocenters. The van der Waals surface area contributed by atoms with Crippen molar-refractivity contribution in [3.63, 3.8) is 0 Å². The SMILES string of the molecule is F[C-](F)C(F)(F)C(F)(F)C(F)(F)C(F)(F)C(F)(F)C(F)(F)C(F)(F)C(F)(F)C(F)(F)C(F)(F)C(F)(F)C(F)(F)C(F)(F)C(F)(F)C(F)(F)F.[Na+]. The largest absolute Gasteiger partial charge is 1.00 e. The number of alkyl halides is 31. The third-order valence-electron chi connectivity index (χ3n) is 5.72. The average molecular weight is 842 g/mol. The Bertz CT molecular complexity index is 1200. The first-order valence-electron chi connectivity index (χ1n) is 9.99. The quantitative estimate of drug-likeness (QED) is 0.0950. The molecule has 0 bridgehead atoms. The summed E-state index contributed by atoms with van der Waals surface area (Å²) in [6.45, 7) is 0. The van der Waals surface area contributed by atoms with E-state index in [1.54, 1.807) is 0 Å². The summed E-state index contributed by atoms with van der Waals surface area (Å²) in [5.41, 5.74) is 0. The van der Waals surface area contributed by atoms with Crippen molar-refractivity contribution in [1.29, 1.82) is 0 Å². The van der Waals surface area contributed by atoms with Gasteiger partial charge in [-0.05, 0) is 0 Å². The molecule has 50 heavy (non-hydrogen) atoms. The second-order valence-electron chi connectivity index (χ2n) is 8.80. The molecule has 0 aliphatic rings. The molecule has 0 fully saturated rings. The molecule has 0 aromatic carbocycles. The van der Waals surface area contributed by atoms with Gasteiger partial charge in [-0.1, -0.05) is 0 Å². The first kappa shape index (κ1) is 50.8. The van der Waals surface area contributed by atoms with Crippen LogP contribution in [0.4, 0.5) is 145 Å². The summed E-state index contributed by atoms with van der Waals surface area (Å²) in [7, 11) is 0. The van der Waals surface area contributed by atoms with E-state index in [4.69, 9.17) is 0 Å². The van der Waals surface area contributed by atoms with Crippen molar-refractivity contribution in [1.82, 2.24) is 0 Å². The Labute approximate surface area is 270 Å². The zero-order chi connectivity index (χ0) is 41.1. The molecule has 0 saturated carbocycles. The summed E-state index contributed by atoms with van der Waals surface area (Å²) in [5.74, 6) is -135. The van der Waals surface area contributed by atoms with E-state index in [1.807, 2.05) is 0 Å². The van der Waals surface area contributed by atoms with E-state index in [2.05, 4.69) is 0 Å². The average Bonchev–Trinajstić information content (AvgIpc) is 2.86. The fourth-order valence-corrected chi connectivity index (χ4v) is 2.66. The molecule has 0 aliphatic heterocycles. The van der Waals surface area contributed by atoms with E-state index in [-0.39, 0.29) is 29.6 Å². The minimum atomic E-state index is -10.2. The van der Waals surface area contributed by atoms with Crippen LogP contribution in [0.5, 0.6) is 0 Å². The van der Waals surface area contributed by atoms with Gasteiger partial charge in [-0.25, -0.2) is 8.78 Å². The van der Waals surface area contributed by atoms with Gasteiger partial charge in [0.1, 0.15) is 0 Å². The zero-order valence-corrected chi connectivity index (χ0v) is 23.5. The Hall–Kier alpha value is -1.31. The molecule has 0 heterocycles. The van der Waals surface area contributed by atoms with Crippen LogP contribution < -0.4 is 29.6 Å². The predicted octanol–water partition coefficient (Wildman–Crippen LogP) is 7.88. The van der Waals surface area contributed by atoms with Crippen molar-refractivity contribution >= 4 is 0 Å². The van der Waals surface area contributed by atoms with Crippen LogP contribution in [0.25, 0.3) is 0 Å². The fourth-order valence-electron chi connectivity index (χ4n) is 2.66. The second kappa shape index (κ2) is 12.4. The second-order valence-corrected chi connectivity index (χ2v) is 8.80. The van der Waals surface area contributed by atoms with Crippen LogP contribution >= 0.6 is 0 Å². The van der Waals surface area contributed by atoms with Crippen molar-refractivity contribution in [2.45, 2.75) is 89.1 Å². The van der Waals surface area contributed by atoms with E-state index in [0.29, 0.717) is 0 Å². The molecular weight excluding hydrogens is 842 g/mol. The van der Waals surface area contributed by atoms with Crippen LogP contribution in [-0.4, -0.2) is 89.1 Å². The van der Waals surface area contributed by atoms with Gasteiger partial charge in [-0.15, -0.1) is 0 Å². The van der Waals surface area contributed by atoms with Gasteiger partial charge >= 0.3 is 113 Å². The van der Waals surface area contributed by atoms with E-state index in [1.165, 1.54) is 0 Å². The number of halogens is 33. The maximum absolute atomic E-state index is 13.7. The minimum absolute atomic E-state index is 0. The monoisotopic (exact) mass is 842 g/mol. The fraction of sp³-hybridized carbons (Fsp3) is 0.938. The Kier molecular flexibility index (Phi) is 12.6. The Morgan fingerprint density at radius 2 is 0.320 bits per heavy atom. The van der Waals surface area contributed by atoms with Crippen LogP contribution in [0, 0.1) is 6.43 Å². The summed E-state index contributed by atoms with van der Waals surface area (Å²) in [6.07, 6.45) is -13.9. The van der Waals surface area contributed by atoms with Crippen LogP contribution in [0.3, 0.4) is 0 Å². The Morgan fingerprint density at radius 1 is 0.200 bits per heavy atom. The van der Waals surface area contributed by atoms with E-state index < -0.39 is 95.5 Å². The van der Waals surface area contributed by atoms with Crippen LogP contribution in [0.15, 0.2) is 0 Å². The molecule has 0 saturated heterocycles. The van der Waals surface area contributed by atoms with Gasteiger partial charge in [0.25, 0.3) is 5.92 Å². The molecule has 0 aromatic rings. The zero-order valence-electron chi connectivity index (χ0n) is 21.5. The van der Waals surface area contributed by atoms with Gasteiger partial charge in [0, 0.05) is 0 Å². The maximum Gasteiger partial charge on any atom is 1.00 e. The Morgan fingerprint density at radius 3 is 0.440 bits per heavy atom. The summed E-state index contributed by atoms with van der Waals surface area (Å²) in [4.78, 5) is 0. The van der Waals surface area contributed by atoms with Gasteiger partial charge in [-0.3, -0.25) is 0 Å². The molecule has 0 N–H and O–H groups in total. The predicted molar refractivity (Wildman–Crippen MR) is 80.8 cm³/mol. The normalized spacial score (nSPS) is 16.9. The van der Waals surface area contributed by atoms with Crippen LogP contribution in [-0.2, 0) is 0 Å². The molecule has 0 aromatic heterocycles. The standard InChI is InChI=1S/C16F33.Na/c17-1(18)2(19,20)3(21,22)4(23,24)5(25,26)6(27,28)7(29,30)8(31,32)9(33,34)10(35,36)11(37,38)12(39,40)13(41,42)14(43,44)15(45,46)16(47,48)49;/q-1;+1. The van der Waals surface area contributed by atoms with E-state index in [9.17, 15) is 145 Å². The minimum Gasteiger partial charge on any atom is -0.415 e. The van der Waals surface area contributed by atoms with Gasteiger partial charge < -0.3 is 8.78 Å². The molecule has 0 amide bonds. The molecule has 0 nitrogen and oxygen atoms in total. The molecular formula is C16F33Na. The summed E-state index contributed by atoms with van der Waals surface area (Å²) in [5, 5.41) is 0. The number of rotatable bonds is 14. The van der Waals surface area contributed by atoms with Crippen LogP contribution in [0.1, 0.15) is 0 Å². The number of hydrogen-bond acceptors (Lipinski definition) is 0. The summed E-state index contributed by atoms with van der Waals surface area (Å²) >= 11 is 0. The molecule has 0 radical (unpaired) electrons. The smallest absolute Gasteiger partial charge is 0.415 e. The molecule has 0 atom stereocenters. The summed E-state index contributed by atoms with van der Waals surface area (Å²) < 4.78 is 433. The van der Waals surface area contributed by atoms with E-state index in [0.717, 1.165) is 0 Å². The first-order valence-corrected chi connectivity index (χ1v) is 9.99. The van der Waals surface area contributed by atoms with Gasteiger partial charge in [-0.2, -0.15) is 127 Å². The number of hydrogen-bond donors (Lipinski definition) is 0. The van der Waals surface area contributed by atoms with Gasteiger partial charge in [0.2, 0.25) is 0 Å². The van der Waals surface area contributed by atoms with Crippen molar-refractivity contribution in [3.8, 4) is 0 Å². The molecule has 34 heteroatoms. The molecule has 0 aliphatic carbocycles. The van der Waals surface area contributed by atoms with Crippen molar-refractivity contribution in [2.24, 2.45) is 0 Å². The topological polar surface area (TPSA) is 0 Å². The van der Waals surface area contributed by atoms with E-state index >= 15 is 0 Å². The third kappa shape index (κ3) is 5.71. The Balaban J connectivity index is 0. The van der Waals surface area contributed by atoms with Gasteiger partial charge in [0.05, 0.1) is 6.43 Å². The maximum atomic E-state index is 13.7. The molecule has 296 valence electrons. The summed E-state index contributed by atoms with van der Waals surface area (Å²) in [6, 6.07) is 0. The van der Waals surface area contributed by atoms with Gasteiger partial charge in [0.15, 0.2) is 0 Å². The molecule has 0 rings (SSSR count). The van der Waals surface area contributed by atoms with Crippen molar-refractivity contribution in [3.05, 3.63) is 6.43 Å².